The number of rotatable bonds is 2. The summed E-state index contributed by atoms with van der Waals surface area (Å²) in [6.45, 7) is 7.40. The van der Waals surface area contributed by atoms with Crippen LogP contribution in [0.2, 0.25) is 0 Å². The minimum atomic E-state index is -3.49. The Kier molecular flexibility index (Phi) is 4.52. The maximum absolute atomic E-state index is 12.7. The molecule has 1 aromatic carbocycles. The average molecular weight is 373 g/mol. The number of sulfonamides is 1. The van der Waals surface area contributed by atoms with Crippen LogP contribution in [0.1, 0.15) is 27.2 Å². The van der Waals surface area contributed by atoms with Crippen molar-refractivity contribution >= 4 is 31.6 Å². The van der Waals surface area contributed by atoms with Gasteiger partial charge >= 0.3 is 0 Å². The number of halogens is 1. The Morgan fingerprint density at radius 1 is 1.29 bits per heavy atom. The Balaban J connectivity index is 2.29. The third-order valence-corrected chi connectivity index (χ3v) is 6.55. The van der Waals surface area contributed by atoms with Crippen LogP contribution in [-0.2, 0) is 10.0 Å². The highest BCUT2D eigenvalue weighted by atomic mass is 79.9. The quantitative estimate of drug-likeness (QED) is 0.638. The summed E-state index contributed by atoms with van der Waals surface area (Å²) in [6, 6.07) is 4.78. The predicted molar refractivity (Wildman–Crippen MR) is 89.5 cm³/mol. The van der Waals surface area contributed by atoms with E-state index in [9.17, 15) is 8.42 Å². The Morgan fingerprint density at radius 2 is 1.95 bits per heavy atom. The summed E-state index contributed by atoms with van der Waals surface area (Å²) in [6.07, 6.45) is 2.81. The molecule has 0 unspecified atom stereocenters. The lowest BCUT2D eigenvalue weighted by molar-refractivity contribution is 0.389. The highest BCUT2D eigenvalue weighted by Gasteiger charge is 2.30. The molecule has 0 radical (unpaired) electrons. The molecule has 1 aromatic rings. The third kappa shape index (κ3) is 3.49. The van der Waals surface area contributed by atoms with Crippen LogP contribution in [0, 0.1) is 5.41 Å². The first-order valence-electron chi connectivity index (χ1n) is 6.87. The van der Waals surface area contributed by atoms with Gasteiger partial charge in [-0.15, -0.1) is 0 Å². The zero-order valence-corrected chi connectivity index (χ0v) is 15.0. The van der Waals surface area contributed by atoms with Gasteiger partial charge in [-0.25, -0.2) is 8.42 Å². The van der Waals surface area contributed by atoms with Gasteiger partial charge in [0, 0.05) is 23.2 Å². The lowest BCUT2D eigenvalue weighted by Gasteiger charge is -2.31. The van der Waals surface area contributed by atoms with Crippen LogP contribution in [0.25, 0.3) is 0 Å². The van der Waals surface area contributed by atoms with Crippen molar-refractivity contribution in [1.29, 1.82) is 0 Å². The molecule has 4 nitrogen and oxygen atoms in total. The van der Waals surface area contributed by atoms with E-state index in [4.69, 9.17) is 5.73 Å². The minimum Gasteiger partial charge on any atom is -0.399 e. The topological polar surface area (TPSA) is 63.4 Å². The first-order valence-corrected chi connectivity index (χ1v) is 9.10. The fourth-order valence-corrected chi connectivity index (χ4v) is 4.85. The van der Waals surface area contributed by atoms with Gasteiger partial charge in [0.2, 0.25) is 10.0 Å². The molecule has 2 rings (SSSR count). The van der Waals surface area contributed by atoms with E-state index in [1.54, 1.807) is 18.2 Å². The maximum Gasteiger partial charge on any atom is 0.244 e. The molecule has 0 saturated carbocycles. The largest absolute Gasteiger partial charge is 0.399 e. The lowest BCUT2D eigenvalue weighted by Crippen LogP contribution is -2.36. The van der Waals surface area contributed by atoms with E-state index in [0.717, 1.165) is 6.42 Å². The lowest BCUT2D eigenvalue weighted by atomic mass is 9.83. The van der Waals surface area contributed by atoms with Crippen molar-refractivity contribution in [3.05, 3.63) is 34.3 Å². The van der Waals surface area contributed by atoms with Crippen molar-refractivity contribution in [2.24, 2.45) is 5.41 Å². The molecule has 1 aliphatic rings. The molecule has 2 N–H and O–H groups in total. The summed E-state index contributed by atoms with van der Waals surface area (Å²) in [5.41, 5.74) is 7.61. The van der Waals surface area contributed by atoms with Crippen molar-refractivity contribution < 1.29 is 8.42 Å². The van der Waals surface area contributed by atoms with E-state index >= 15 is 0 Å². The molecule has 1 heterocycles. The van der Waals surface area contributed by atoms with E-state index in [1.807, 2.05) is 6.08 Å². The summed E-state index contributed by atoms with van der Waals surface area (Å²) < 4.78 is 27.4. The summed E-state index contributed by atoms with van der Waals surface area (Å²) in [5.74, 6) is 0. The Morgan fingerprint density at radius 3 is 2.43 bits per heavy atom. The Hall–Kier alpha value is -0.850. The van der Waals surface area contributed by atoms with Gasteiger partial charge in [-0.1, -0.05) is 32.4 Å². The second-order valence-electron chi connectivity index (χ2n) is 6.28. The van der Waals surface area contributed by atoms with Crippen LogP contribution in [0.4, 0.5) is 5.69 Å². The van der Waals surface area contributed by atoms with Gasteiger partial charge in [0.25, 0.3) is 0 Å². The molecule has 21 heavy (non-hydrogen) atoms. The number of anilines is 1. The van der Waals surface area contributed by atoms with Crippen molar-refractivity contribution in [2.45, 2.75) is 32.1 Å². The number of nitrogens with zero attached hydrogens (tertiary/aromatic N) is 1. The zero-order chi connectivity index (χ0) is 15.8. The predicted octanol–water partition coefficient (Wildman–Crippen LogP) is 3.40. The molecular weight excluding hydrogens is 352 g/mol. The molecule has 0 fully saturated rings. The SMILES string of the molecule is CC(C)(C)C1=CCN(S(=O)(=O)c2ccc(N)cc2Br)CC1. The molecule has 0 atom stereocenters. The Bertz CT molecular complexity index is 675. The normalized spacial score (nSPS) is 17.6. The number of hydrogen-bond donors (Lipinski definition) is 1. The molecule has 0 spiro atoms. The van der Waals surface area contributed by atoms with Gasteiger partial charge in [0.1, 0.15) is 0 Å². The van der Waals surface area contributed by atoms with E-state index in [-0.39, 0.29) is 10.3 Å². The average Bonchev–Trinajstić information content (AvgIpc) is 2.37. The summed E-state index contributed by atoms with van der Waals surface area (Å²) >= 11 is 3.29. The van der Waals surface area contributed by atoms with Crippen molar-refractivity contribution in [3.63, 3.8) is 0 Å². The van der Waals surface area contributed by atoms with Crippen LogP contribution in [0.15, 0.2) is 39.2 Å². The monoisotopic (exact) mass is 372 g/mol. The smallest absolute Gasteiger partial charge is 0.244 e. The molecule has 1 aliphatic heterocycles. The standard InChI is InChI=1S/C15H21BrN2O2S/c1-15(2,3)11-6-8-18(9-7-11)21(19,20)14-5-4-12(17)10-13(14)16/h4-6,10H,7-9,17H2,1-3H3. The third-order valence-electron chi connectivity index (χ3n) is 3.71. The van der Waals surface area contributed by atoms with Gasteiger partial charge < -0.3 is 5.73 Å². The van der Waals surface area contributed by atoms with Crippen LogP contribution in [-0.4, -0.2) is 25.8 Å². The summed E-state index contributed by atoms with van der Waals surface area (Å²) in [7, 11) is -3.49. The Labute approximate surface area is 135 Å². The summed E-state index contributed by atoms with van der Waals surface area (Å²) in [5, 5.41) is 0. The number of nitrogens with two attached hydrogens (primary N) is 1. The zero-order valence-electron chi connectivity index (χ0n) is 12.6. The number of hydrogen-bond acceptors (Lipinski definition) is 3. The van der Waals surface area contributed by atoms with Gasteiger partial charge in [-0.2, -0.15) is 4.31 Å². The summed E-state index contributed by atoms with van der Waals surface area (Å²) in [4.78, 5) is 0.268. The van der Waals surface area contributed by atoms with Crippen molar-refractivity contribution in [2.75, 3.05) is 18.8 Å². The fourth-order valence-electron chi connectivity index (χ4n) is 2.42. The molecule has 116 valence electrons. The van der Waals surface area contributed by atoms with Crippen LogP contribution in [0.5, 0.6) is 0 Å². The van der Waals surface area contributed by atoms with E-state index in [1.165, 1.54) is 9.88 Å². The van der Waals surface area contributed by atoms with Crippen LogP contribution < -0.4 is 5.73 Å². The first-order chi connectivity index (χ1) is 9.62. The second-order valence-corrected chi connectivity index (χ2v) is 9.04. The molecule has 6 heteroatoms. The number of benzene rings is 1. The number of nitrogen functional groups attached to an aromatic ring is 1. The van der Waals surface area contributed by atoms with E-state index < -0.39 is 10.0 Å². The maximum atomic E-state index is 12.7. The van der Waals surface area contributed by atoms with Crippen LogP contribution in [0.3, 0.4) is 0 Å². The van der Waals surface area contributed by atoms with Crippen molar-refractivity contribution in [3.8, 4) is 0 Å². The van der Waals surface area contributed by atoms with Gasteiger partial charge in [-0.3, -0.25) is 0 Å². The van der Waals surface area contributed by atoms with Gasteiger partial charge in [0.05, 0.1) is 4.90 Å². The van der Waals surface area contributed by atoms with Gasteiger partial charge in [-0.05, 0) is 46.0 Å². The highest BCUT2D eigenvalue weighted by Crippen LogP contribution is 2.33. The van der Waals surface area contributed by atoms with E-state index in [0.29, 0.717) is 23.2 Å². The highest BCUT2D eigenvalue weighted by molar-refractivity contribution is 9.10. The molecule has 0 aromatic heterocycles. The molecule has 0 aliphatic carbocycles. The first kappa shape index (κ1) is 16.5. The van der Waals surface area contributed by atoms with Crippen LogP contribution >= 0.6 is 15.9 Å². The van der Waals surface area contributed by atoms with E-state index in [2.05, 4.69) is 36.7 Å². The second kappa shape index (κ2) is 5.74. The van der Waals surface area contributed by atoms with Crippen molar-refractivity contribution in [1.82, 2.24) is 4.31 Å². The molecular formula is C15H21BrN2O2S. The molecule has 0 saturated heterocycles. The van der Waals surface area contributed by atoms with Gasteiger partial charge in [0.15, 0.2) is 0 Å². The minimum absolute atomic E-state index is 0.0949. The molecule has 0 amide bonds. The molecule has 0 bridgehead atoms. The fraction of sp³-hybridized carbons (Fsp3) is 0.467.